The number of hydrogen-bond donors (Lipinski definition) is 1. The van der Waals surface area contributed by atoms with E-state index in [1.165, 1.54) is 0 Å². The van der Waals surface area contributed by atoms with Crippen LogP contribution in [0, 0.1) is 0 Å². The first kappa shape index (κ1) is 20.0. The Morgan fingerprint density at radius 1 is 1.13 bits per heavy atom. The number of para-hydroxylation sites is 2. The van der Waals surface area contributed by atoms with E-state index in [9.17, 15) is 13.2 Å². The monoisotopic (exact) mass is 457 g/mol. The van der Waals surface area contributed by atoms with Crippen molar-refractivity contribution in [1.82, 2.24) is 10.2 Å². The summed E-state index contributed by atoms with van der Waals surface area (Å²) in [7, 11) is -3.52. The van der Waals surface area contributed by atoms with Crippen molar-refractivity contribution in [3.63, 3.8) is 0 Å². The van der Waals surface area contributed by atoms with Gasteiger partial charge in [0.2, 0.25) is 0 Å². The van der Waals surface area contributed by atoms with Gasteiger partial charge in [-0.05, 0) is 29.5 Å². The molecule has 0 bridgehead atoms. The van der Waals surface area contributed by atoms with E-state index in [1.807, 2.05) is 54.6 Å². The third-order valence-corrected chi connectivity index (χ3v) is 7.35. The van der Waals surface area contributed by atoms with Gasteiger partial charge in [0.15, 0.2) is 16.7 Å². The lowest BCUT2D eigenvalue weighted by molar-refractivity contribution is -0.117. The Balaban J connectivity index is 1.37. The van der Waals surface area contributed by atoms with Crippen molar-refractivity contribution >= 4 is 38.6 Å². The maximum Gasteiger partial charge on any atom is 0.260 e. The Bertz CT molecular complexity index is 1190. The average molecular weight is 458 g/mol. The van der Waals surface area contributed by atoms with Gasteiger partial charge in [0.25, 0.3) is 15.9 Å². The number of rotatable bonds is 4. The summed E-state index contributed by atoms with van der Waals surface area (Å²) in [5.41, 5.74) is 1.50. The summed E-state index contributed by atoms with van der Waals surface area (Å²) in [5, 5.41) is 3.21. The molecule has 3 aliphatic rings. The largest absolute Gasteiger partial charge is 0.486 e. The summed E-state index contributed by atoms with van der Waals surface area (Å²) in [4.78, 5) is 15.3. The highest BCUT2D eigenvalue weighted by molar-refractivity contribution is 8.19. The number of carbonyl (C=O) groups excluding carboxylic acids is 1. The predicted octanol–water partition coefficient (Wildman–Crippen LogP) is 2.06. The molecule has 0 saturated carbocycles. The van der Waals surface area contributed by atoms with Crippen LogP contribution < -0.4 is 14.8 Å². The Labute approximate surface area is 184 Å². The molecule has 0 radical (unpaired) electrons. The molecule has 2 aromatic rings. The molecule has 31 heavy (non-hydrogen) atoms. The lowest BCUT2D eigenvalue weighted by Crippen LogP contribution is -2.41. The summed E-state index contributed by atoms with van der Waals surface area (Å²) < 4.78 is 39.4. The van der Waals surface area contributed by atoms with Crippen molar-refractivity contribution < 1.29 is 22.7 Å². The van der Waals surface area contributed by atoms with Crippen LogP contribution in [0.4, 0.5) is 0 Å². The van der Waals surface area contributed by atoms with Crippen LogP contribution in [0.15, 0.2) is 63.9 Å². The van der Waals surface area contributed by atoms with Crippen LogP contribution in [-0.4, -0.2) is 55.9 Å². The lowest BCUT2D eigenvalue weighted by atomic mass is 10.1. The second kappa shape index (κ2) is 7.93. The van der Waals surface area contributed by atoms with E-state index in [2.05, 4.69) is 9.71 Å². The zero-order chi connectivity index (χ0) is 21.4. The molecule has 0 saturated heterocycles. The predicted molar refractivity (Wildman–Crippen MR) is 118 cm³/mol. The van der Waals surface area contributed by atoms with E-state index < -0.39 is 10.0 Å². The molecule has 1 N–H and O–H groups in total. The molecule has 3 heterocycles. The first-order valence-electron chi connectivity index (χ1n) is 9.74. The Morgan fingerprint density at radius 3 is 2.68 bits per heavy atom. The summed E-state index contributed by atoms with van der Waals surface area (Å²) >= 11 is 1.08. The molecule has 2 aromatic carbocycles. The Kier molecular flexibility index (Phi) is 5.11. The van der Waals surface area contributed by atoms with Crippen molar-refractivity contribution in [2.24, 2.45) is 4.40 Å². The van der Waals surface area contributed by atoms with Crippen molar-refractivity contribution in [2.45, 2.75) is 6.10 Å². The number of nitrogens with zero attached hydrogens (tertiary/aromatic N) is 2. The number of carbonyl (C=O) groups is 1. The van der Waals surface area contributed by atoms with Crippen LogP contribution in [0.25, 0.3) is 5.70 Å². The molecule has 5 rings (SSSR count). The lowest BCUT2D eigenvalue weighted by Gasteiger charge is -2.26. The number of ether oxygens (including phenoxy) is 2. The quantitative estimate of drug-likeness (QED) is 0.751. The SMILES string of the molecule is O=C(NC[C@H]1COc2ccccc2O1)C1=C(c2ccccc2)N2CCS(=O)(=O)N=C2S1. The molecule has 8 nitrogen and oxygen atoms in total. The minimum atomic E-state index is -3.52. The first-order valence-corrected chi connectivity index (χ1v) is 12.2. The van der Waals surface area contributed by atoms with Gasteiger partial charge in [0, 0.05) is 6.54 Å². The molecule has 0 fully saturated rings. The highest BCUT2D eigenvalue weighted by atomic mass is 32.2. The highest BCUT2D eigenvalue weighted by Crippen LogP contribution is 2.41. The molecule has 1 atom stereocenters. The number of sulfonamides is 1. The third kappa shape index (κ3) is 4.00. The molecular formula is C21H19N3O5S2. The van der Waals surface area contributed by atoms with Crippen molar-refractivity contribution in [2.75, 3.05) is 25.4 Å². The fourth-order valence-corrected chi connectivity index (χ4v) is 5.84. The minimum Gasteiger partial charge on any atom is -0.486 e. The maximum atomic E-state index is 13.1. The van der Waals surface area contributed by atoms with Crippen LogP contribution >= 0.6 is 11.8 Å². The molecule has 1 amide bonds. The van der Waals surface area contributed by atoms with Gasteiger partial charge in [-0.3, -0.25) is 4.79 Å². The van der Waals surface area contributed by atoms with E-state index in [4.69, 9.17) is 9.47 Å². The zero-order valence-electron chi connectivity index (χ0n) is 16.4. The van der Waals surface area contributed by atoms with Crippen LogP contribution in [0.1, 0.15) is 5.56 Å². The van der Waals surface area contributed by atoms with Crippen LogP contribution in [-0.2, 0) is 14.8 Å². The van der Waals surface area contributed by atoms with Crippen molar-refractivity contribution in [1.29, 1.82) is 0 Å². The van der Waals surface area contributed by atoms with E-state index >= 15 is 0 Å². The standard InChI is InChI=1S/C21H19N3O5S2/c25-20(22-12-15-13-28-16-8-4-5-9-17(16)29-15)19-18(14-6-2-1-3-7-14)24-10-11-31(26,27)23-21(24)30-19/h1-9,15H,10-13H2,(H,22,25)/t15-/m0/s1. The number of amidine groups is 1. The van der Waals surface area contributed by atoms with Crippen molar-refractivity contribution in [3.05, 3.63) is 65.1 Å². The number of nitrogens with one attached hydrogen (secondary N) is 1. The van der Waals surface area contributed by atoms with E-state index in [-0.39, 0.29) is 30.9 Å². The molecule has 3 aliphatic heterocycles. The number of thioether (sulfide) groups is 1. The molecule has 0 spiro atoms. The van der Waals surface area contributed by atoms with Crippen LogP contribution in [0.3, 0.4) is 0 Å². The zero-order valence-corrected chi connectivity index (χ0v) is 18.0. The third-order valence-electron chi connectivity index (χ3n) is 5.01. The molecule has 0 unspecified atom stereocenters. The van der Waals surface area contributed by atoms with Gasteiger partial charge in [0.1, 0.15) is 17.6 Å². The van der Waals surface area contributed by atoms with E-state index in [0.717, 1.165) is 17.3 Å². The van der Waals surface area contributed by atoms with Crippen LogP contribution in [0.2, 0.25) is 0 Å². The molecule has 10 heteroatoms. The minimum absolute atomic E-state index is 0.0883. The highest BCUT2D eigenvalue weighted by Gasteiger charge is 2.38. The van der Waals surface area contributed by atoms with Gasteiger partial charge in [-0.2, -0.15) is 0 Å². The molecule has 0 aromatic heterocycles. The Hall–Kier alpha value is -2.98. The topological polar surface area (TPSA) is 97.3 Å². The van der Waals surface area contributed by atoms with Gasteiger partial charge in [0.05, 0.1) is 18.0 Å². The van der Waals surface area contributed by atoms with Gasteiger partial charge in [-0.15, -0.1) is 4.40 Å². The summed E-state index contributed by atoms with van der Waals surface area (Å²) in [5.74, 6) is 0.932. The summed E-state index contributed by atoms with van der Waals surface area (Å²) in [6.07, 6.45) is -0.327. The number of amides is 1. The normalized spacial score (nSPS) is 21.4. The fraction of sp³-hybridized carbons (Fsp3) is 0.238. The van der Waals surface area contributed by atoms with Gasteiger partial charge in [-0.25, -0.2) is 8.42 Å². The number of fused-ring (bicyclic) bond motifs is 2. The Morgan fingerprint density at radius 2 is 1.87 bits per heavy atom. The van der Waals surface area contributed by atoms with Crippen LogP contribution in [0.5, 0.6) is 11.5 Å². The molecule has 0 aliphatic carbocycles. The first-order chi connectivity index (χ1) is 15.0. The van der Waals surface area contributed by atoms with Crippen molar-refractivity contribution in [3.8, 4) is 11.5 Å². The average Bonchev–Trinajstić information content (AvgIpc) is 3.15. The van der Waals surface area contributed by atoms with Gasteiger partial charge >= 0.3 is 0 Å². The second-order valence-corrected chi connectivity index (χ2v) is 9.90. The second-order valence-electron chi connectivity index (χ2n) is 7.16. The van der Waals surface area contributed by atoms with Gasteiger partial charge < -0.3 is 19.7 Å². The fourth-order valence-electron chi connectivity index (χ4n) is 3.55. The number of benzene rings is 2. The van der Waals surface area contributed by atoms with E-state index in [1.54, 1.807) is 4.90 Å². The molecule has 160 valence electrons. The van der Waals surface area contributed by atoms with E-state index in [0.29, 0.717) is 33.9 Å². The smallest absolute Gasteiger partial charge is 0.260 e. The maximum absolute atomic E-state index is 13.1. The van der Waals surface area contributed by atoms with Gasteiger partial charge in [-0.1, -0.05) is 42.5 Å². The number of hydrogen-bond acceptors (Lipinski definition) is 7. The molecular weight excluding hydrogens is 438 g/mol. The summed E-state index contributed by atoms with van der Waals surface area (Å²) in [6, 6.07) is 16.8. The summed E-state index contributed by atoms with van der Waals surface area (Å²) in [6.45, 7) is 0.835.